The first kappa shape index (κ1) is 22.6. The Bertz CT molecular complexity index is 1380. The molecule has 0 aliphatic heterocycles. The predicted molar refractivity (Wildman–Crippen MR) is 132 cm³/mol. The van der Waals surface area contributed by atoms with Crippen LogP contribution in [0.3, 0.4) is 0 Å². The fourth-order valence-electron chi connectivity index (χ4n) is 3.37. The number of carbonyl (C=O) groups excluding carboxylic acids is 1. The summed E-state index contributed by atoms with van der Waals surface area (Å²) in [4.78, 5) is 30.5. The number of fused-ring (bicyclic) bond motifs is 1. The lowest BCUT2D eigenvalue weighted by atomic mass is 10.1. The van der Waals surface area contributed by atoms with Gasteiger partial charge in [0.1, 0.15) is 11.4 Å². The zero-order valence-corrected chi connectivity index (χ0v) is 19.6. The molecule has 0 unspecified atom stereocenters. The minimum absolute atomic E-state index is 0.0777. The molecule has 0 saturated carbocycles. The van der Waals surface area contributed by atoms with Crippen molar-refractivity contribution in [1.29, 1.82) is 0 Å². The summed E-state index contributed by atoms with van der Waals surface area (Å²) in [5.74, 6) is 0.976. The van der Waals surface area contributed by atoms with E-state index in [1.807, 2.05) is 75.4 Å². The van der Waals surface area contributed by atoms with Crippen LogP contribution in [0.5, 0.6) is 5.75 Å². The number of carbonyl (C=O) groups is 1. The number of amides is 1. The molecule has 4 aromatic rings. The number of para-hydroxylation sites is 1. The molecule has 7 heteroatoms. The second kappa shape index (κ2) is 9.92. The van der Waals surface area contributed by atoms with Gasteiger partial charge < -0.3 is 10.1 Å². The number of aryl methyl sites for hydroxylation is 3. The van der Waals surface area contributed by atoms with Gasteiger partial charge in [-0.2, -0.15) is 0 Å². The first-order valence-corrected chi connectivity index (χ1v) is 11.6. The van der Waals surface area contributed by atoms with Gasteiger partial charge in [0.05, 0.1) is 11.4 Å². The number of benzene rings is 2. The summed E-state index contributed by atoms with van der Waals surface area (Å²) >= 11 is 1.52. The quantitative estimate of drug-likeness (QED) is 0.397. The Kier molecular flexibility index (Phi) is 6.79. The standard InChI is InChI=1S/C26H25N3O3S/c1-17-8-10-19(3)22(12-17)32-15-25(30)28-21-6-4-5-7-23(21)33-16-20-13-26(31)29-14-18(2)9-11-24(29)27-20/h4-14H,15-16H2,1-3H3,(H,28,30). The smallest absolute Gasteiger partial charge is 0.262 e. The van der Waals surface area contributed by atoms with E-state index in [9.17, 15) is 9.59 Å². The number of aromatic nitrogens is 2. The van der Waals surface area contributed by atoms with Crippen LogP contribution in [0.15, 0.2) is 76.6 Å². The zero-order valence-electron chi connectivity index (χ0n) is 18.8. The Labute approximate surface area is 196 Å². The highest BCUT2D eigenvalue weighted by molar-refractivity contribution is 7.98. The molecule has 0 bridgehead atoms. The molecule has 168 valence electrons. The number of rotatable bonds is 7. The van der Waals surface area contributed by atoms with E-state index in [2.05, 4.69) is 10.3 Å². The Hall–Kier alpha value is -3.58. The number of pyridine rings is 1. The summed E-state index contributed by atoms with van der Waals surface area (Å²) in [6.45, 7) is 5.80. The van der Waals surface area contributed by atoms with E-state index < -0.39 is 0 Å². The molecule has 0 spiro atoms. The lowest BCUT2D eigenvalue weighted by Crippen LogP contribution is -2.20. The normalized spacial score (nSPS) is 10.9. The summed E-state index contributed by atoms with van der Waals surface area (Å²) in [5.41, 5.74) is 4.96. The number of ether oxygens (including phenoxy) is 1. The second-order valence-electron chi connectivity index (χ2n) is 7.91. The Morgan fingerprint density at radius 3 is 2.67 bits per heavy atom. The molecular formula is C26H25N3O3S. The fraction of sp³-hybridized carbons (Fsp3) is 0.192. The van der Waals surface area contributed by atoms with Crippen LogP contribution in [-0.2, 0) is 10.5 Å². The number of nitrogens with one attached hydrogen (secondary N) is 1. The van der Waals surface area contributed by atoms with E-state index in [-0.39, 0.29) is 18.1 Å². The molecule has 0 radical (unpaired) electrons. The van der Waals surface area contributed by atoms with E-state index in [1.165, 1.54) is 11.8 Å². The molecular weight excluding hydrogens is 434 g/mol. The maximum Gasteiger partial charge on any atom is 0.262 e. The van der Waals surface area contributed by atoms with Crippen LogP contribution in [0.2, 0.25) is 0 Å². The third-order valence-corrected chi connectivity index (χ3v) is 6.21. The molecule has 0 atom stereocenters. The van der Waals surface area contributed by atoms with Gasteiger partial charge in [0.2, 0.25) is 0 Å². The molecule has 1 amide bonds. The van der Waals surface area contributed by atoms with Crippen LogP contribution in [0.25, 0.3) is 5.65 Å². The molecule has 0 saturated heterocycles. The summed E-state index contributed by atoms with van der Waals surface area (Å²) in [6, 6.07) is 18.8. The van der Waals surface area contributed by atoms with Crippen molar-refractivity contribution in [3.8, 4) is 5.75 Å². The summed E-state index contributed by atoms with van der Waals surface area (Å²) in [6.07, 6.45) is 1.78. The molecule has 0 aliphatic carbocycles. The van der Waals surface area contributed by atoms with Crippen LogP contribution < -0.4 is 15.6 Å². The third kappa shape index (κ3) is 5.62. The maximum absolute atomic E-state index is 12.5. The molecule has 4 rings (SSSR count). The van der Waals surface area contributed by atoms with Gasteiger partial charge in [-0.25, -0.2) is 4.98 Å². The average molecular weight is 460 g/mol. The molecule has 33 heavy (non-hydrogen) atoms. The van der Waals surface area contributed by atoms with E-state index in [0.717, 1.165) is 21.6 Å². The zero-order chi connectivity index (χ0) is 23.4. The van der Waals surface area contributed by atoms with Crippen LogP contribution in [-0.4, -0.2) is 21.9 Å². The van der Waals surface area contributed by atoms with Crippen molar-refractivity contribution in [2.24, 2.45) is 0 Å². The monoisotopic (exact) mass is 459 g/mol. The van der Waals surface area contributed by atoms with Gasteiger partial charge in [-0.15, -0.1) is 11.8 Å². The van der Waals surface area contributed by atoms with Gasteiger partial charge in [-0.3, -0.25) is 14.0 Å². The predicted octanol–water partition coefficient (Wildman–Crippen LogP) is 4.93. The van der Waals surface area contributed by atoms with Crippen molar-refractivity contribution in [3.05, 3.63) is 99.6 Å². The molecule has 0 fully saturated rings. The number of hydrogen-bond acceptors (Lipinski definition) is 5. The topological polar surface area (TPSA) is 72.7 Å². The Morgan fingerprint density at radius 1 is 1.03 bits per heavy atom. The van der Waals surface area contributed by atoms with Crippen molar-refractivity contribution < 1.29 is 9.53 Å². The van der Waals surface area contributed by atoms with E-state index in [1.54, 1.807) is 16.7 Å². The highest BCUT2D eigenvalue weighted by Crippen LogP contribution is 2.29. The molecule has 2 heterocycles. The number of nitrogens with zero attached hydrogens (tertiary/aromatic N) is 2. The van der Waals surface area contributed by atoms with Crippen LogP contribution >= 0.6 is 11.8 Å². The Morgan fingerprint density at radius 2 is 1.82 bits per heavy atom. The van der Waals surface area contributed by atoms with Crippen molar-refractivity contribution in [2.75, 3.05) is 11.9 Å². The van der Waals surface area contributed by atoms with Crippen molar-refractivity contribution in [3.63, 3.8) is 0 Å². The molecule has 1 N–H and O–H groups in total. The van der Waals surface area contributed by atoms with E-state index in [4.69, 9.17) is 4.74 Å². The molecule has 0 aliphatic rings. The molecule has 2 aromatic carbocycles. The van der Waals surface area contributed by atoms with Gasteiger partial charge in [0.25, 0.3) is 11.5 Å². The van der Waals surface area contributed by atoms with E-state index >= 15 is 0 Å². The SMILES string of the molecule is Cc1ccc(C)c(OCC(=O)Nc2ccccc2SCc2cc(=O)n3cc(C)ccc3n2)c1. The lowest BCUT2D eigenvalue weighted by Gasteiger charge is -2.13. The van der Waals surface area contributed by atoms with Crippen molar-refractivity contribution in [1.82, 2.24) is 9.38 Å². The third-order valence-electron chi connectivity index (χ3n) is 5.10. The maximum atomic E-state index is 12.5. The van der Waals surface area contributed by atoms with Crippen molar-refractivity contribution >= 4 is 29.0 Å². The highest BCUT2D eigenvalue weighted by atomic mass is 32.2. The van der Waals surface area contributed by atoms with Crippen LogP contribution in [0.4, 0.5) is 5.69 Å². The minimum Gasteiger partial charge on any atom is -0.483 e. The molecule has 2 aromatic heterocycles. The van der Waals surface area contributed by atoms with Gasteiger partial charge in [-0.1, -0.05) is 30.3 Å². The first-order chi connectivity index (χ1) is 15.9. The molecule has 6 nitrogen and oxygen atoms in total. The summed E-state index contributed by atoms with van der Waals surface area (Å²) < 4.78 is 7.27. The minimum atomic E-state index is -0.235. The number of thioether (sulfide) groups is 1. The second-order valence-corrected chi connectivity index (χ2v) is 8.93. The average Bonchev–Trinajstić information content (AvgIpc) is 2.79. The van der Waals surface area contributed by atoms with Gasteiger partial charge in [-0.05, 0) is 61.7 Å². The summed E-state index contributed by atoms with van der Waals surface area (Å²) in [5, 5.41) is 2.93. The fourth-order valence-corrected chi connectivity index (χ4v) is 4.27. The van der Waals surface area contributed by atoms with E-state index in [0.29, 0.717) is 28.5 Å². The van der Waals surface area contributed by atoms with Gasteiger partial charge in [0.15, 0.2) is 6.61 Å². The van der Waals surface area contributed by atoms with Crippen molar-refractivity contribution in [2.45, 2.75) is 31.4 Å². The first-order valence-electron chi connectivity index (χ1n) is 10.6. The Balaban J connectivity index is 1.43. The summed E-state index contributed by atoms with van der Waals surface area (Å²) in [7, 11) is 0. The number of hydrogen-bond donors (Lipinski definition) is 1. The van der Waals surface area contributed by atoms with Crippen LogP contribution in [0, 0.1) is 20.8 Å². The van der Waals surface area contributed by atoms with Crippen LogP contribution in [0.1, 0.15) is 22.4 Å². The van der Waals surface area contributed by atoms with Gasteiger partial charge in [0, 0.05) is 22.9 Å². The lowest BCUT2D eigenvalue weighted by molar-refractivity contribution is -0.118. The highest BCUT2D eigenvalue weighted by Gasteiger charge is 2.10. The van der Waals surface area contributed by atoms with Gasteiger partial charge >= 0.3 is 0 Å². The number of anilines is 1. The largest absolute Gasteiger partial charge is 0.483 e.